The number of rotatable bonds is 4. The molecule has 5 unspecified atom stereocenters. The van der Waals surface area contributed by atoms with Gasteiger partial charge in [-0.15, -0.1) is 0 Å². The summed E-state index contributed by atoms with van der Waals surface area (Å²) in [5.41, 5.74) is 5.51. The number of carbonyl (C=O) groups is 1. The Morgan fingerprint density at radius 3 is 2.74 bits per heavy atom. The monoisotopic (exact) mass is 417 g/mol. The Kier molecular flexibility index (Phi) is 5.35. The molecule has 0 N–H and O–H groups in total. The third-order valence-electron chi connectivity index (χ3n) is 8.86. The summed E-state index contributed by atoms with van der Waals surface area (Å²) in [5, 5.41) is 0. The summed E-state index contributed by atoms with van der Waals surface area (Å²) in [7, 11) is 1.91. The molecule has 0 aliphatic heterocycles. The lowest BCUT2D eigenvalue weighted by Gasteiger charge is -2.51. The van der Waals surface area contributed by atoms with Crippen molar-refractivity contribution in [2.75, 3.05) is 13.6 Å². The minimum absolute atomic E-state index is 0.159. The molecule has 31 heavy (non-hydrogen) atoms. The van der Waals surface area contributed by atoms with Crippen molar-refractivity contribution in [3.05, 3.63) is 59.2 Å². The molecule has 3 aliphatic carbocycles. The van der Waals surface area contributed by atoms with E-state index >= 15 is 0 Å². The lowest BCUT2D eigenvalue weighted by Crippen LogP contribution is -2.41. The number of carbonyl (C=O) groups excluding carboxylic acids is 1. The number of amides is 1. The van der Waals surface area contributed by atoms with Crippen LogP contribution < -0.4 is 0 Å². The van der Waals surface area contributed by atoms with E-state index in [2.05, 4.69) is 42.0 Å². The number of aromatic nitrogens is 2. The molecule has 5 rings (SSSR count). The van der Waals surface area contributed by atoms with Gasteiger partial charge in [-0.1, -0.05) is 19.9 Å². The average Bonchev–Trinajstić information content (AvgIpc) is 3.16. The maximum atomic E-state index is 12.8. The lowest BCUT2D eigenvalue weighted by molar-refractivity contribution is 0.0480. The van der Waals surface area contributed by atoms with Crippen molar-refractivity contribution >= 4 is 5.91 Å². The molecule has 2 fully saturated rings. The van der Waals surface area contributed by atoms with Crippen LogP contribution in [-0.2, 0) is 6.42 Å². The third-order valence-corrected chi connectivity index (χ3v) is 8.86. The fourth-order valence-electron chi connectivity index (χ4n) is 7.41. The van der Waals surface area contributed by atoms with E-state index in [1.807, 2.05) is 24.3 Å². The molecule has 2 saturated carbocycles. The van der Waals surface area contributed by atoms with Gasteiger partial charge >= 0.3 is 0 Å². The first-order chi connectivity index (χ1) is 15.0. The van der Waals surface area contributed by atoms with Crippen LogP contribution in [0, 0.1) is 17.3 Å². The number of hydrogen-bond acceptors (Lipinski definition) is 3. The van der Waals surface area contributed by atoms with Crippen LogP contribution in [0.3, 0.4) is 0 Å². The molecule has 1 aromatic heterocycles. The van der Waals surface area contributed by atoms with Gasteiger partial charge in [-0.05, 0) is 103 Å². The van der Waals surface area contributed by atoms with Crippen molar-refractivity contribution in [3.8, 4) is 0 Å². The van der Waals surface area contributed by atoms with Crippen molar-refractivity contribution in [2.24, 2.45) is 17.3 Å². The van der Waals surface area contributed by atoms with E-state index in [-0.39, 0.29) is 5.91 Å². The van der Waals surface area contributed by atoms with E-state index in [4.69, 9.17) is 0 Å². The predicted molar refractivity (Wildman–Crippen MR) is 123 cm³/mol. The van der Waals surface area contributed by atoms with Crippen molar-refractivity contribution in [1.82, 2.24) is 14.9 Å². The molecule has 4 heteroatoms. The van der Waals surface area contributed by atoms with Crippen LogP contribution in [-0.4, -0.2) is 34.4 Å². The number of benzene rings is 1. The minimum Gasteiger partial charge on any atom is -0.342 e. The molecule has 0 spiro atoms. The summed E-state index contributed by atoms with van der Waals surface area (Å²) in [6.07, 6.45) is 14.2. The van der Waals surface area contributed by atoms with Gasteiger partial charge in [0.25, 0.3) is 5.91 Å². The molecule has 3 aliphatic rings. The summed E-state index contributed by atoms with van der Waals surface area (Å²) in [5.74, 6) is 2.96. The Balaban J connectivity index is 1.39. The van der Waals surface area contributed by atoms with Gasteiger partial charge in [-0.3, -0.25) is 4.79 Å². The Labute approximate surface area is 186 Å². The first kappa shape index (κ1) is 20.7. The van der Waals surface area contributed by atoms with Gasteiger partial charge in [0.15, 0.2) is 0 Å². The highest BCUT2D eigenvalue weighted by atomic mass is 16.2. The van der Waals surface area contributed by atoms with E-state index in [1.54, 1.807) is 6.33 Å². The molecule has 1 aromatic carbocycles. The van der Waals surface area contributed by atoms with Crippen LogP contribution in [0.4, 0.5) is 0 Å². The summed E-state index contributed by atoms with van der Waals surface area (Å²) < 4.78 is 0. The van der Waals surface area contributed by atoms with E-state index in [0.29, 0.717) is 17.3 Å². The van der Waals surface area contributed by atoms with Crippen LogP contribution in [0.5, 0.6) is 0 Å². The number of aryl methyl sites for hydroxylation is 1. The van der Waals surface area contributed by atoms with Gasteiger partial charge in [-0.25, -0.2) is 9.97 Å². The first-order valence-electron chi connectivity index (χ1n) is 12.2. The Morgan fingerprint density at radius 1 is 1.16 bits per heavy atom. The lowest BCUT2D eigenvalue weighted by atomic mass is 9.53. The Morgan fingerprint density at radius 2 is 1.97 bits per heavy atom. The molecule has 4 nitrogen and oxygen atoms in total. The molecule has 1 heterocycles. The van der Waals surface area contributed by atoms with E-state index in [1.165, 1.54) is 48.8 Å². The second-order valence-electron chi connectivity index (χ2n) is 10.4. The third kappa shape index (κ3) is 3.39. The summed E-state index contributed by atoms with van der Waals surface area (Å²) in [6, 6.07) is 6.58. The molecule has 0 bridgehead atoms. The van der Waals surface area contributed by atoms with Crippen molar-refractivity contribution in [1.29, 1.82) is 0 Å². The molecule has 5 atom stereocenters. The largest absolute Gasteiger partial charge is 0.342 e. The maximum absolute atomic E-state index is 12.8. The summed E-state index contributed by atoms with van der Waals surface area (Å²) >= 11 is 0. The van der Waals surface area contributed by atoms with Crippen LogP contribution in [0.2, 0.25) is 0 Å². The molecule has 164 valence electrons. The van der Waals surface area contributed by atoms with E-state index < -0.39 is 0 Å². The second kappa shape index (κ2) is 8.03. The molecular weight excluding hydrogens is 382 g/mol. The van der Waals surface area contributed by atoms with Crippen LogP contribution in [0.15, 0.2) is 36.9 Å². The van der Waals surface area contributed by atoms with Crippen LogP contribution in [0.1, 0.15) is 91.3 Å². The summed E-state index contributed by atoms with van der Waals surface area (Å²) in [6.45, 7) is 5.47. The van der Waals surface area contributed by atoms with Gasteiger partial charge in [0, 0.05) is 31.5 Å². The Hall–Kier alpha value is -2.23. The SMILES string of the molecule is CCCN(C)C(=O)c1ccc2c(c1)CCC1C2CCC2(C)C(c3cncnc3)CCC12. The van der Waals surface area contributed by atoms with Crippen LogP contribution in [0.25, 0.3) is 0 Å². The molecule has 0 saturated heterocycles. The van der Waals surface area contributed by atoms with Gasteiger partial charge < -0.3 is 4.90 Å². The average molecular weight is 418 g/mol. The number of nitrogens with zero attached hydrogens (tertiary/aromatic N) is 3. The van der Waals surface area contributed by atoms with Crippen LogP contribution >= 0.6 is 0 Å². The van der Waals surface area contributed by atoms with Gasteiger partial charge in [-0.2, -0.15) is 0 Å². The summed E-state index contributed by atoms with van der Waals surface area (Å²) in [4.78, 5) is 23.3. The fourth-order valence-corrected chi connectivity index (χ4v) is 7.41. The fraction of sp³-hybridized carbons (Fsp3) is 0.593. The predicted octanol–water partition coefficient (Wildman–Crippen LogP) is 5.60. The number of fused-ring (bicyclic) bond motifs is 5. The standard InChI is InChI=1S/C27H35N3O/c1-4-13-30(3)26(31)19-6-7-21-18(14-19)5-8-23-22(21)11-12-27(2)24(9-10-25(23)27)20-15-28-17-29-16-20/h6-7,14-17,22-25H,4-5,8-13H2,1-3H3. The van der Waals surface area contributed by atoms with Crippen molar-refractivity contribution in [2.45, 2.75) is 70.6 Å². The minimum atomic E-state index is 0.159. The van der Waals surface area contributed by atoms with E-state index in [0.717, 1.165) is 36.8 Å². The molecule has 2 aromatic rings. The van der Waals surface area contributed by atoms with Crippen molar-refractivity contribution < 1.29 is 4.79 Å². The second-order valence-corrected chi connectivity index (χ2v) is 10.4. The molecular formula is C27H35N3O. The quantitative estimate of drug-likeness (QED) is 0.651. The molecule has 0 radical (unpaired) electrons. The highest BCUT2D eigenvalue weighted by Gasteiger charge is 2.55. The topological polar surface area (TPSA) is 46.1 Å². The van der Waals surface area contributed by atoms with Crippen molar-refractivity contribution in [3.63, 3.8) is 0 Å². The van der Waals surface area contributed by atoms with Gasteiger partial charge in [0.1, 0.15) is 6.33 Å². The first-order valence-corrected chi connectivity index (χ1v) is 12.2. The highest BCUT2D eigenvalue weighted by molar-refractivity contribution is 5.94. The maximum Gasteiger partial charge on any atom is 0.253 e. The smallest absolute Gasteiger partial charge is 0.253 e. The van der Waals surface area contributed by atoms with E-state index in [9.17, 15) is 4.79 Å². The zero-order valence-corrected chi connectivity index (χ0v) is 19.2. The molecule has 1 amide bonds. The Bertz CT molecular complexity index is 958. The zero-order chi connectivity index (χ0) is 21.6. The van der Waals surface area contributed by atoms with Gasteiger partial charge in [0.05, 0.1) is 0 Å². The normalized spacial score (nSPS) is 31.5. The zero-order valence-electron chi connectivity index (χ0n) is 19.2. The van der Waals surface area contributed by atoms with Gasteiger partial charge in [0.2, 0.25) is 0 Å². The highest BCUT2D eigenvalue weighted by Crippen LogP contribution is 2.65. The number of hydrogen-bond donors (Lipinski definition) is 0.